The van der Waals surface area contributed by atoms with Gasteiger partial charge >= 0.3 is 0 Å². The zero-order valence-corrected chi connectivity index (χ0v) is 24.5. The van der Waals surface area contributed by atoms with Gasteiger partial charge in [-0.15, -0.1) is 0 Å². The Balaban J connectivity index is 1.48. The van der Waals surface area contributed by atoms with Crippen LogP contribution in [0.25, 0.3) is 0 Å². The van der Waals surface area contributed by atoms with E-state index in [1.165, 1.54) is 33.3 Å². The molecule has 2 aliphatic rings. The molecule has 42 heavy (non-hydrogen) atoms. The molecule has 2 amide bonds. The fourth-order valence-corrected chi connectivity index (χ4v) is 5.17. The molecule has 12 nitrogen and oxygen atoms in total. The number of likely N-dealkylation sites (N-methyl/N-ethyl adjacent to an activating group) is 1. The van der Waals surface area contributed by atoms with Gasteiger partial charge in [0.1, 0.15) is 11.4 Å². The van der Waals surface area contributed by atoms with Crippen LogP contribution in [-0.4, -0.2) is 119 Å². The second kappa shape index (κ2) is 13.5. The first kappa shape index (κ1) is 30.5. The predicted octanol–water partition coefficient (Wildman–Crippen LogP) is 1.46. The minimum absolute atomic E-state index is 0.000458. The number of rotatable bonds is 11. The summed E-state index contributed by atoms with van der Waals surface area (Å²) in [4.78, 5) is 58.7. The van der Waals surface area contributed by atoms with Crippen LogP contribution in [0.4, 0.5) is 0 Å². The van der Waals surface area contributed by atoms with Crippen LogP contribution in [0.1, 0.15) is 31.1 Å². The summed E-state index contributed by atoms with van der Waals surface area (Å²) in [6, 6.07) is 9.80. The number of fused-ring (bicyclic) bond motifs is 1. The Morgan fingerprint density at radius 3 is 2.00 bits per heavy atom. The number of hydrogen-bond donors (Lipinski definition) is 1. The van der Waals surface area contributed by atoms with Crippen molar-refractivity contribution < 1.29 is 38.1 Å². The molecule has 0 atom stereocenters. The van der Waals surface area contributed by atoms with E-state index < -0.39 is 5.78 Å². The number of benzene rings is 2. The number of nitrogens with zero attached hydrogens (tertiary/aromatic N) is 3. The summed E-state index contributed by atoms with van der Waals surface area (Å²) in [6.07, 6.45) is 0. The number of allylic oxidation sites excluding steroid dienone is 2. The zero-order valence-electron chi connectivity index (χ0n) is 24.5. The maximum atomic E-state index is 13.7. The van der Waals surface area contributed by atoms with Gasteiger partial charge in [0.05, 0.1) is 34.5 Å². The predicted molar refractivity (Wildman–Crippen MR) is 153 cm³/mol. The highest BCUT2D eigenvalue weighted by Gasteiger charge is 2.37. The summed E-state index contributed by atoms with van der Waals surface area (Å²) in [6.45, 7) is 1.91. The van der Waals surface area contributed by atoms with Crippen LogP contribution < -0.4 is 19.5 Å². The summed E-state index contributed by atoms with van der Waals surface area (Å²) in [5.41, 5.74) is 1.03. The van der Waals surface area contributed by atoms with Crippen molar-refractivity contribution in [3.63, 3.8) is 0 Å². The van der Waals surface area contributed by atoms with Crippen LogP contribution >= 0.6 is 0 Å². The van der Waals surface area contributed by atoms with Crippen LogP contribution in [0.5, 0.6) is 17.2 Å². The Hall–Kier alpha value is -4.42. The van der Waals surface area contributed by atoms with Gasteiger partial charge in [0.15, 0.2) is 11.5 Å². The molecule has 0 unspecified atom stereocenters. The lowest BCUT2D eigenvalue weighted by molar-refractivity contribution is -0.131. The molecule has 0 spiro atoms. The van der Waals surface area contributed by atoms with E-state index in [0.717, 1.165) is 0 Å². The maximum Gasteiger partial charge on any atom is 0.254 e. The van der Waals surface area contributed by atoms with E-state index in [4.69, 9.17) is 18.9 Å². The van der Waals surface area contributed by atoms with E-state index in [-0.39, 0.29) is 54.3 Å². The second-order valence-electron chi connectivity index (χ2n) is 9.70. The molecule has 224 valence electrons. The number of Topliss-reactive ketones (excluding diaryl/α,β-unsaturated/α-hetero) is 2. The van der Waals surface area contributed by atoms with Crippen molar-refractivity contribution >= 4 is 23.4 Å². The van der Waals surface area contributed by atoms with Gasteiger partial charge < -0.3 is 34.1 Å². The first-order valence-electron chi connectivity index (χ1n) is 13.5. The number of amides is 2. The highest BCUT2D eigenvalue weighted by atomic mass is 16.5. The van der Waals surface area contributed by atoms with E-state index in [0.29, 0.717) is 54.6 Å². The van der Waals surface area contributed by atoms with Gasteiger partial charge in [-0.25, -0.2) is 0 Å². The Morgan fingerprint density at radius 1 is 0.881 bits per heavy atom. The van der Waals surface area contributed by atoms with Gasteiger partial charge in [0, 0.05) is 63.6 Å². The third kappa shape index (κ3) is 5.95. The number of carbonyl (C=O) groups excluding carboxylic acids is 4. The first-order chi connectivity index (χ1) is 20.3. The molecule has 12 heteroatoms. The summed E-state index contributed by atoms with van der Waals surface area (Å²) in [5, 5.41) is 2.84. The van der Waals surface area contributed by atoms with Gasteiger partial charge in [-0.2, -0.15) is 0 Å². The fourth-order valence-electron chi connectivity index (χ4n) is 5.17. The van der Waals surface area contributed by atoms with Crippen LogP contribution in [0.3, 0.4) is 0 Å². The van der Waals surface area contributed by atoms with Gasteiger partial charge in [-0.3, -0.25) is 24.1 Å². The van der Waals surface area contributed by atoms with Crippen molar-refractivity contribution in [2.75, 3.05) is 81.4 Å². The number of methoxy groups -OCH3 is 4. The van der Waals surface area contributed by atoms with Crippen LogP contribution in [0.15, 0.2) is 47.8 Å². The molecule has 0 aromatic heterocycles. The molecule has 0 saturated carbocycles. The Morgan fingerprint density at radius 2 is 1.48 bits per heavy atom. The molecular formula is C30H36N4O8. The molecule has 1 saturated heterocycles. The number of ketones is 2. The Kier molecular flexibility index (Phi) is 9.81. The molecule has 1 fully saturated rings. The number of ether oxygens (including phenoxy) is 4. The van der Waals surface area contributed by atoms with Gasteiger partial charge in [0.2, 0.25) is 23.2 Å². The molecule has 1 N–H and O–H groups in total. The lowest BCUT2D eigenvalue weighted by Crippen LogP contribution is -2.52. The molecule has 2 aromatic rings. The number of piperazine rings is 1. The third-order valence-electron chi connectivity index (χ3n) is 7.37. The quantitative estimate of drug-likeness (QED) is 0.417. The maximum absolute atomic E-state index is 13.7. The SMILES string of the molecule is CNC1=C(N(CCOC)C(=O)CN2CCN(C(=O)c3cc(OC)c(OC)c(OC)c3)CC2)C(=O)c2ccccc2C1=O. The topological polar surface area (TPSA) is 127 Å². The summed E-state index contributed by atoms with van der Waals surface area (Å²) < 4.78 is 21.3. The van der Waals surface area contributed by atoms with Crippen LogP contribution in [-0.2, 0) is 9.53 Å². The smallest absolute Gasteiger partial charge is 0.254 e. The number of nitrogens with one attached hydrogen (secondary N) is 1. The average molecular weight is 581 g/mol. The number of carbonyl (C=O) groups is 4. The molecule has 2 aromatic carbocycles. The standard InChI is InChI=1S/C30H36N4O8/c1-31-25-26(28(37)21-9-7-6-8-20(21)27(25)36)34(14-15-39-2)24(35)18-32-10-12-33(13-11-32)30(38)19-16-22(40-3)29(42-5)23(17-19)41-4/h6-9,16-17,31H,10-15,18H2,1-5H3. The summed E-state index contributed by atoms with van der Waals surface area (Å²) in [5.74, 6) is -0.133. The van der Waals surface area contributed by atoms with E-state index in [9.17, 15) is 19.2 Å². The van der Waals surface area contributed by atoms with Gasteiger partial charge in [-0.05, 0) is 12.1 Å². The van der Waals surface area contributed by atoms with Gasteiger partial charge in [-0.1, -0.05) is 24.3 Å². The summed E-state index contributed by atoms with van der Waals surface area (Å²) >= 11 is 0. The average Bonchev–Trinajstić information content (AvgIpc) is 3.02. The lowest BCUT2D eigenvalue weighted by Gasteiger charge is -2.36. The highest BCUT2D eigenvalue weighted by Crippen LogP contribution is 2.38. The van der Waals surface area contributed by atoms with Crippen LogP contribution in [0, 0.1) is 0 Å². The summed E-state index contributed by atoms with van der Waals surface area (Å²) in [7, 11) is 7.53. The van der Waals surface area contributed by atoms with Crippen molar-refractivity contribution in [2.45, 2.75) is 0 Å². The number of hydrogen-bond acceptors (Lipinski definition) is 10. The Bertz CT molecular complexity index is 1370. The molecular weight excluding hydrogens is 544 g/mol. The monoisotopic (exact) mass is 580 g/mol. The van der Waals surface area contributed by atoms with Crippen molar-refractivity contribution in [2.24, 2.45) is 0 Å². The first-order valence-corrected chi connectivity index (χ1v) is 13.5. The minimum Gasteiger partial charge on any atom is -0.493 e. The molecule has 0 radical (unpaired) electrons. The fraction of sp³-hybridized carbons (Fsp3) is 0.400. The molecule has 1 aliphatic heterocycles. The third-order valence-corrected chi connectivity index (χ3v) is 7.37. The van der Waals surface area contributed by atoms with Crippen molar-refractivity contribution in [3.8, 4) is 17.2 Å². The van der Waals surface area contributed by atoms with E-state index in [1.807, 2.05) is 4.90 Å². The highest BCUT2D eigenvalue weighted by molar-refractivity contribution is 6.27. The second-order valence-corrected chi connectivity index (χ2v) is 9.70. The lowest BCUT2D eigenvalue weighted by atomic mass is 9.89. The Labute approximate surface area is 244 Å². The van der Waals surface area contributed by atoms with E-state index >= 15 is 0 Å². The van der Waals surface area contributed by atoms with Crippen molar-refractivity contribution in [1.82, 2.24) is 20.0 Å². The largest absolute Gasteiger partial charge is 0.493 e. The zero-order chi connectivity index (χ0) is 30.4. The van der Waals surface area contributed by atoms with Crippen molar-refractivity contribution in [3.05, 3.63) is 64.5 Å². The molecule has 1 aliphatic carbocycles. The molecule has 0 bridgehead atoms. The van der Waals surface area contributed by atoms with Gasteiger partial charge in [0.25, 0.3) is 5.91 Å². The minimum atomic E-state index is -0.403. The molecule has 4 rings (SSSR count). The van der Waals surface area contributed by atoms with Crippen molar-refractivity contribution in [1.29, 1.82) is 0 Å². The van der Waals surface area contributed by atoms with E-state index in [1.54, 1.807) is 48.3 Å². The molecule has 1 heterocycles. The van der Waals surface area contributed by atoms with E-state index in [2.05, 4.69) is 5.32 Å². The van der Waals surface area contributed by atoms with Crippen LogP contribution in [0.2, 0.25) is 0 Å². The normalized spacial score (nSPS) is 15.3.